The van der Waals surface area contributed by atoms with E-state index in [-0.39, 0.29) is 29.9 Å². The van der Waals surface area contributed by atoms with Gasteiger partial charge in [0.25, 0.3) is 5.91 Å². The summed E-state index contributed by atoms with van der Waals surface area (Å²) in [5.74, 6) is 2.10. The molecule has 164 valence electrons. The number of methoxy groups -OCH3 is 2. The lowest BCUT2D eigenvalue weighted by atomic mass is 10.1. The number of carbonyl (C=O) groups is 1. The monoisotopic (exact) mass is 526 g/mol. The maximum Gasteiger partial charge on any atom is 0.251 e. The first-order valence-corrected chi connectivity index (χ1v) is 9.57. The minimum Gasteiger partial charge on any atom is -0.497 e. The van der Waals surface area contributed by atoms with Gasteiger partial charge in [0.1, 0.15) is 11.5 Å². The number of aryl methyl sites for hydroxylation is 1. The Morgan fingerprint density at radius 2 is 1.70 bits per heavy atom. The average Bonchev–Trinajstić information content (AvgIpc) is 2.75. The summed E-state index contributed by atoms with van der Waals surface area (Å²) in [6.45, 7) is 3.82. The van der Waals surface area contributed by atoms with E-state index in [0.717, 1.165) is 24.3 Å². The molecule has 2 rings (SSSR count). The van der Waals surface area contributed by atoms with Crippen LogP contribution in [0, 0.1) is 6.92 Å². The maximum atomic E-state index is 12.2. The second kappa shape index (κ2) is 13.7. The van der Waals surface area contributed by atoms with Crippen molar-refractivity contribution < 1.29 is 14.3 Å². The fourth-order valence-corrected chi connectivity index (χ4v) is 2.86. The highest BCUT2D eigenvalue weighted by Crippen LogP contribution is 2.19. The van der Waals surface area contributed by atoms with Gasteiger partial charge in [0.05, 0.1) is 14.2 Å². The number of guanidine groups is 1. The van der Waals surface area contributed by atoms with Crippen LogP contribution in [0.4, 0.5) is 0 Å². The number of aliphatic imine (C=N–C) groups is 1. The van der Waals surface area contributed by atoms with Crippen LogP contribution in [-0.2, 0) is 6.42 Å². The second-order valence-electron chi connectivity index (χ2n) is 6.48. The molecule has 2 aromatic carbocycles. The summed E-state index contributed by atoms with van der Waals surface area (Å²) in [6, 6.07) is 13.2. The topological polar surface area (TPSA) is 84.0 Å². The zero-order valence-electron chi connectivity index (χ0n) is 18.0. The Balaban J connectivity index is 0.00000450. The fourth-order valence-electron chi connectivity index (χ4n) is 2.86. The third-order valence-corrected chi connectivity index (χ3v) is 4.38. The van der Waals surface area contributed by atoms with E-state index in [1.807, 2.05) is 12.1 Å². The van der Waals surface area contributed by atoms with Gasteiger partial charge in [0, 0.05) is 32.2 Å². The van der Waals surface area contributed by atoms with Gasteiger partial charge >= 0.3 is 0 Å². The highest BCUT2D eigenvalue weighted by atomic mass is 127. The van der Waals surface area contributed by atoms with E-state index in [0.29, 0.717) is 30.4 Å². The van der Waals surface area contributed by atoms with Crippen molar-refractivity contribution in [2.24, 2.45) is 4.99 Å². The number of hydrogen-bond donors (Lipinski definition) is 3. The Kier molecular flexibility index (Phi) is 11.7. The number of nitrogens with zero attached hydrogens (tertiary/aromatic N) is 1. The number of carbonyl (C=O) groups excluding carboxylic acids is 1. The van der Waals surface area contributed by atoms with Crippen LogP contribution in [-0.4, -0.2) is 52.8 Å². The van der Waals surface area contributed by atoms with Gasteiger partial charge in [-0.25, -0.2) is 0 Å². The Morgan fingerprint density at radius 3 is 2.40 bits per heavy atom. The van der Waals surface area contributed by atoms with Crippen LogP contribution in [0.15, 0.2) is 47.5 Å². The number of amides is 1. The van der Waals surface area contributed by atoms with Crippen LogP contribution < -0.4 is 25.4 Å². The minimum absolute atomic E-state index is 0. The lowest BCUT2D eigenvalue weighted by molar-refractivity contribution is 0.0954. The van der Waals surface area contributed by atoms with Crippen LogP contribution in [0.2, 0.25) is 0 Å². The smallest absolute Gasteiger partial charge is 0.251 e. The number of benzene rings is 2. The van der Waals surface area contributed by atoms with E-state index in [4.69, 9.17) is 9.47 Å². The molecule has 0 saturated carbocycles. The molecule has 0 radical (unpaired) electrons. The van der Waals surface area contributed by atoms with Gasteiger partial charge in [0.2, 0.25) is 0 Å². The molecule has 30 heavy (non-hydrogen) atoms. The third-order valence-electron chi connectivity index (χ3n) is 4.38. The molecule has 0 spiro atoms. The molecular formula is C22H31IN4O3. The van der Waals surface area contributed by atoms with Crippen molar-refractivity contribution in [3.63, 3.8) is 0 Å². The van der Waals surface area contributed by atoms with Crippen molar-refractivity contribution in [3.05, 3.63) is 59.2 Å². The average molecular weight is 526 g/mol. The maximum absolute atomic E-state index is 12.2. The first-order chi connectivity index (χ1) is 14.1. The lowest BCUT2D eigenvalue weighted by Gasteiger charge is -2.14. The zero-order chi connectivity index (χ0) is 21.1. The molecule has 0 fully saturated rings. The number of hydrogen-bond acceptors (Lipinski definition) is 4. The molecule has 0 saturated heterocycles. The summed E-state index contributed by atoms with van der Waals surface area (Å²) in [7, 11) is 4.98. The van der Waals surface area contributed by atoms with E-state index in [1.165, 1.54) is 5.56 Å². The molecule has 0 bridgehead atoms. The van der Waals surface area contributed by atoms with Gasteiger partial charge < -0.3 is 25.4 Å². The van der Waals surface area contributed by atoms with Gasteiger partial charge in [-0.15, -0.1) is 24.0 Å². The predicted octanol–water partition coefficient (Wildman–Crippen LogP) is 2.77. The fraction of sp³-hybridized carbons (Fsp3) is 0.364. The van der Waals surface area contributed by atoms with Crippen molar-refractivity contribution in [3.8, 4) is 11.5 Å². The van der Waals surface area contributed by atoms with Crippen LogP contribution >= 0.6 is 24.0 Å². The zero-order valence-corrected chi connectivity index (χ0v) is 20.3. The standard InChI is InChI=1S/C22H30N4O3.HI/c1-16-8-9-20(29-4)17(14-16)10-11-25-22(23-2)26-13-12-24-21(27)18-6-5-7-19(15-18)28-3;/h5-9,14-15H,10-13H2,1-4H3,(H,24,27)(H2,23,25,26);1H. The Bertz CT molecular complexity index is 843. The Morgan fingerprint density at radius 1 is 0.967 bits per heavy atom. The van der Waals surface area contributed by atoms with E-state index >= 15 is 0 Å². The van der Waals surface area contributed by atoms with Crippen molar-refractivity contribution in [1.29, 1.82) is 0 Å². The highest BCUT2D eigenvalue weighted by Gasteiger charge is 2.07. The van der Waals surface area contributed by atoms with Crippen molar-refractivity contribution in [2.45, 2.75) is 13.3 Å². The normalized spacial score (nSPS) is 10.6. The van der Waals surface area contributed by atoms with E-state index in [9.17, 15) is 4.79 Å². The number of halogens is 1. The minimum atomic E-state index is -0.139. The van der Waals surface area contributed by atoms with Crippen LogP contribution in [0.3, 0.4) is 0 Å². The largest absolute Gasteiger partial charge is 0.497 e. The molecule has 0 aliphatic carbocycles. The summed E-state index contributed by atoms with van der Waals surface area (Å²) in [6.07, 6.45) is 0.818. The molecule has 0 heterocycles. The number of ether oxygens (including phenoxy) is 2. The second-order valence-corrected chi connectivity index (χ2v) is 6.48. The summed E-state index contributed by atoms with van der Waals surface area (Å²) < 4.78 is 10.6. The SMILES string of the molecule is CN=C(NCCNC(=O)c1cccc(OC)c1)NCCc1cc(C)ccc1OC.I. The van der Waals surface area contributed by atoms with Crippen molar-refractivity contribution in [1.82, 2.24) is 16.0 Å². The number of rotatable bonds is 9. The Labute approximate surface area is 195 Å². The summed E-state index contributed by atoms with van der Waals surface area (Å²) in [5, 5.41) is 9.35. The van der Waals surface area contributed by atoms with Crippen molar-refractivity contribution in [2.75, 3.05) is 40.9 Å². The molecule has 3 N–H and O–H groups in total. The quantitative estimate of drug-likeness (QED) is 0.203. The molecular weight excluding hydrogens is 495 g/mol. The molecule has 2 aromatic rings. The van der Waals surface area contributed by atoms with Gasteiger partial charge in [-0.3, -0.25) is 9.79 Å². The summed E-state index contributed by atoms with van der Waals surface area (Å²) in [4.78, 5) is 16.4. The van der Waals surface area contributed by atoms with Crippen molar-refractivity contribution >= 4 is 35.8 Å². The molecule has 0 aliphatic rings. The van der Waals surface area contributed by atoms with E-state index in [2.05, 4.69) is 33.9 Å². The third kappa shape index (κ3) is 8.10. The van der Waals surface area contributed by atoms with Crippen LogP contribution in [0.1, 0.15) is 21.5 Å². The molecule has 1 amide bonds. The number of nitrogens with one attached hydrogen (secondary N) is 3. The van der Waals surface area contributed by atoms with E-state index in [1.54, 1.807) is 45.5 Å². The van der Waals surface area contributed by atoms with Gasteiger partial charge in [-0.05, 0) is 43.2 Å². The molecule has 8 heteroatoms. The first kappa shape index (κ1) is 25.5. The summed E-state index contributed by atoms with van der Waals surface area (Å²) in [5.41, 5.74) is 2.93. The van der Waals surface area contributed by atoms with Crippen LogP contribution in [0.5, 0.6) is 11.5 Å². The van der Waals surface area contributed by atoms with Crippen LogP contribution in [0.25, 0.3) is 0 Å². The lowest BCUT2D eigenvalue weighted by Crippen LogP contribution is -2.42. The highest BCUT2D eigenvalue weighted by molar-refractivity contribution is 14.0. The molecule has 0 aromatic heterocycles. The predicted molar refractivity (Wildman–Crippen MR) is 132 cm³/mol. The Hall–Kier alpha value is -2.49. The first-order valence-electron chi connectivity index (χ1n) is 9.57. The van der Waals surface area contributed by atoms with Gasteiger partial charge in [-0.1, -0.05) is 23.8 Å². The molecule has 7 nitrogen and oxygen atoms in total. The molecule has 0 aliphatic heterocycles. The molecule has 0 unspecified atom stereocenters. The van der Waals surface area contributed by atoms with Gasteiger partial charge in [0.15, 0.2) is 5.96 Å². The van der Waals surface area contributed by atoms with E-state index < -0.39 is 0 Å². The molecule has 0 atom stereocenters. The summed E-state index contributed by atoms with van der Waals surface area (Å²) >= 11 is 0. The van der Waals surface area contributed by atoms with Gasteiger partial charge in [-0.2, -0.15) is 0 Å².